The fourth-order valence-corrected chi connectivity index (χ4v) is 4.72. The Kier molecular flexibility index (Phi) is 4.87. The first-order valence-corrected chi connectivity index (χ1v) is 9.06. The fraction of sp³-hybridized carbons (Fsp3) is 0.647. The second kappa shape index (κ2) is 6.67. The van der Waals surface area contributed by atoms with E-state index in [0.717, 1.165) is 25.0 Å². The zero-order chi connectivity index (χ0) is 14.7. The van der Waals surface area contributed by atoms with E-state index in [4.69, 9.17) is 4.74 Å². The van der Waals surface area contributed by atoms with Crippen molar-refractivity contribution in [3.05, 3.63) is 35.6 Å². The van der Waals surface area contributed by atoms with Crippen LogP contribution in [0, 0.1) is 5.82 Å². The van der Waals surface area contributed by atoms with Gasteiger partial charge in [0.25, 0.3) is 0 Å². The number of halogens is 1. The molecule has 1 N–H and O–H groups in total. The van der Waals surface area contributed by atoms with E-state index in [2.05, 4.69) is 12.2 Å². The largest absolute Gasteiger partial charge is 0.375 e. The molecular formula is C17H24FNOS. The topological polar surface area (TPSA) is 21.3 Å². The Labute approximate surface area is 130 Å². The third-order valence-electron chi connectivity index (χ3n) is 4.73. The number of thioether (sulfide) groups is 1. The minimum absolute atomic E-state index is 0.100. The van der Waals surface area contributed by atoms with Crippen LogP contribution < -0.4 is 5.32 Å². The van der Waals surface area contributed by atoms with Gasteiger partial charge in [-0.1, -0.05) is 12.1 Å². The summed E-state index contributed by atoms with van der Waals surface area (Å²) in [4.78, 5) is 0. The van der Waals surface area contributed by atoms with Gasteiger partial charge in [0.15, 0.2) is 0 Å². The van der Waals surface area contributed by atoms with E-state index in [9.17, 15) is 4.39 Å². The summed E-state index contributed by atoms with van der Waals surface area (Å²) in [6.45, 7) is 2.96. The summed E-state index contributed by atoms with van der Waals surface area (Å²) in [5.41, 5.74) is 1.12. The summed E-state index contributed by atoms with van der Waals surface area (Å²) in [5.74, 6) is 2.27. The molecule has 2 heterocycles. The molecule has 2 aliphatic heterocycles. The summed E-state index contributed by atoms with van der Waals surface area (Å²) in [7, 11) is 0. The van der Waals surface area contributed by atoms with Crippen LogP contribution in [0.2, 0.25) is 0 Å². The van der Waals surface area contributed by atoms with Crippen LogP contribution in [0.15, 0.2) is 24.3 Å². The molecule has 1 unspecified atom stereocenters. The predicted molar refractivity (Wildman–Crippen MR) is 86.2 cm³/mol. The molecule has 116 valence electrons. The number of hydrogen-bond donors (Lipinski definition) is 1. The van der Waals surface area contributed by atoms with E-state index < -0.39 is 0 Å². The number of ether oxygens (including phenoxy) is 1. The van der Waals surface area contributed by atoms with Crippen LogP contribution in [-0.2, 0) is 4.74 Å². The van der Waals surface area contributed by atoms with Crippen LogP contribution in [0.1, 0.15) is 44.2 Å². The standard InChI is InChI=1S/C17H24FNOS/c1-13(14-3-2-4-15(18)11-14)19-16-5-8-20-17(12-16)6-9-21-10-7-17/h2-4,11,13,16,19H,5-10,12H2,1H3/t13-,16?/m0/s1. The molecule has 0 amide bonds. The van der Waals surface area contributed by atoms with Crippen LogP contribution in [0.3, 0.4) is 0 Å². The lowest BCUT2D eigenvalue weighted by Crippen LogP contribution is -2.49. The number of benzene rings is 1. The van der Waals surface area contributed by atoms with Gasteiger partial charge >= 0.3 is 0 Å². The Bertz CT molecular complexity index is 470. The normalized spacial score (nSPS) is 26.7. The van der Waals surface area contributed by atoms with Crippen LogP contribution in [0.5, 0.6) is 0 Å². The molecular weight excluding hydrogens is 285 g/mol. The van der Waals surface area contributed by atoms with Crippen molar-refractivity contribution in [2.45, 2.75) is 50.3 Å². The first kappa shape index (κ1) is 15.3. The van der Waals surface area contributed by atoms with E-state index in [0.29, 0.717) is 6.04 Å². The first-order chi connectivity index (χ1) is 10.2. The quantitative estimate of drug-likeness (QED) is 0.914. The first-order valence-electron chi connectivity index (χ1n) is 7.90. The molecule has 0 aromatic heterocycles. The van der Waals surface area contributed by atoms with Crippen LogP contribution in [0.25, 0.3) is 0 Å². The van der Waals surface area contributed by atoms with Crippen LogP contribution in [0.4, 0.5) is 4.39 Å². The fourth-order valence-electron chi connectivity index (χ4n) is 3.49. The van der Waals surface area contributed by atoms with Gasteiger partial charge in [-0.3, -0.25) is 0 Å². The summed E-state index contributed by atoms with van der Waals surface area (Å²) < 4.78 is 19.5. The van der Waals surface area contributed by atoms with E-state index in [1.54, 1.807) is 12.1 Å². The molecule has 0 saturated carbocycles. The van der Waals surface area contributed by atoms with Gasteiger partial charge in [0.2, 0.25) is 0 Å². The van der Waals surface area contributed by atoms with Crippen molar-refractivity contribution in [3.8, 4) is 0 Å². The SMILES string of the molecule is C[C@H](NC1CCOC2(CCSCC2)C1)c1cccc(F)c1. The Morgan fingerprint density at radius 3 is 2.95 bits per heavy atom. The molecule has 2 saturated heterocycles. The highest BCUT2D eigenvalue weighted by atomic mass is 32.2. The molecule has 3 rings (SSSR count). The Morgan fingerprint density at radius 2 is 2.19 bits per heavy atom. The molecule has 2 fully saturated rings. The average molecular weight is 309 g/mol. The highest BCUT2D eigenvalue weighted by Gasteiger charge is 2.38. The van der Waals surface area contributed by atoms with Crippen LogP contribution >= 0.6 is 11.8 Å². The summed E-state index contributed by atoms with van der Waals surface area (Å²) in [5, 5.41) is 3.68. The summed E-state index contributed by atoms with van der Waals surface area (Å²) in [6, 6.07) is 7.56. The Morgan fingerprint density at radius 1 is 1.38 bits per heavy atom. The molecule has 2 atom stereocenters. The Balaban J connectivity index is 1.61. The molecule has 0 bridgehead atoms. The molecule has 2 aliphatic rings. The molecule has 1 spiro atoms. The second-order valence-electron chi connectivity index (χ2n) is 6.28. The zero-order valence-electron chi connectivity index (χ0n) is 12.6. The van der Waals surface area contributed by atoms with Gasteiger partial charge < -0.3 is 10.1 Å². The molecule has 1 aromatic carbocycles. The van der Waals surface area contributed by atoms with Crippen molar-refractivity contribution >= 4 is 11.8 Å². The second-order valence-corrected chi connectivity index (χ2v) is 7.50. The average Bonchev–Trinajstić information content (AvgIpc) is 2.48. The van der Waals surface area contributed by atoms with Gasteiger partial charge in [-0.15, -0.1) is 0 Å². The molecule has 4 heteroatoms. The van der Waals surface area contributed by atoms with Crippen molar-refractivity contribution < 1.29 is 9.13 Å². The lowest BCUT2D eigenvalue weighted by molar-refractivity contribution is -0.0940. The number of hydrogen-bond acceptors (Lipinski definition) is 3. The van der Waals surface area contributed by atoms with E-state index in [1.807, 2.05) is 17.8 Å². The maximum atomic E-state index is 13.3. The number of nitrogens with one attached hydrogen (secondary N) is 1. The predicted octanol–water partition coefficient (Wildman–Crippen LogP) is 3.92. The third-order valence-corrected chi connectivity index (χ3v) is 5.72. The van der Waals surface area contributed by atoms with Gasteiger partial charge in [0.1, 0.15) is 5.82 Å². The van der Waals surface area contributed by atoms with Gasteiger partial charge in [-0.2, -0.15) is 11.8 Å². The smallest absolute Gasteiger partial charge is 0.123 e. The summed E-state index contributed by atoms with van der Waals surface area (Å²) in [6.07, 6.45) is 4.48. The minimum atomic E-state index is -0.158. The maximum Gasteiger partial charge on any atom is 0.123 e. The monoisotopic (exact) mass is 309 g/mol. The van der Waals surface area contributed by atoms with Gasteiger partial charge in [0.05, 0.1) is 5.60 Å². The molecule has 21 heavy (non-hydrogen) atoms. The van der Waals surface area contributed by atoms with E-state index in [1.165, 1.54) is 30.4 Å². The van der Waals surface area contributed by atoms with Crippen molar-refractivity contribution in [1.29, 1.82) is 0 Å². The van der Waals surface area contributed by atoms with Crippen molar-refractivity contribution in [2.75, 3.05) is 18.1 Å². The van der Waals surface area contributed by atoms with Gasteiger partial charge in [-0.05, 0) is 61.8 Å². The van der Waals surface area contributed by atoms with Crippen molar-refractivity contribution in [2.24, 2.45) is 0 Å². The molecule has 1 aromatic rings. The lowest BCUT2D eigenvalue weighted by atomic mass is 9.85. The van der Waals surface area contributed by atoms with Gasteiger partial charge in [-0.25, -0.2) is 4.39 Å². The highest BCUT2D eigenvalue weighted by molar-refractivity contribution is 7.99. The minimum Gasteiger partial charge on any atom is -0.375 e. The Hall–Kier alpha value is -0.580. The molecule has 0 aliphatic carbocycles. The van der Waals surface area contributed by atoms with E-state index >= 15 is 0 Å². The van der Waals surface area contributed by atoms with Crippen LogP contribution in [-0.4, -0.2) is 29.8 Å². The lowest BCUT2D eigenvalue weighted by Gasteiger charge is -2.44. The van der Waals surface area contributed by atoms with Crippen molar-refractivity contribution in [3.63, 3.8) is 0 Å². The number of rotatable bonds is 3. The van der Waals surface area contributed by atoms with Gasteiger partial charge in [0, 0.05) is 18.7 Å². The molecule has 0 radical (unpaired) electrons. The summed E-state index contributed by atoms with van der Waals surface area (Å²) >= 11 is 2.03. The maximum absolute atomic E-state index is 13.3. The zero-order valence-corrected chi connectivity index (χ0v) is 13.4. The van der Waals surface area contributed by atoms with E-state index in [-0.39, 0.29) is 17.5 Å². The van der Waals surface area contributed by atoms with Crippen molar-refractivity contribution in [1.82, 2.24) is 5.32 Å². The molecule has 2 nitrogen and oxygen atoms in total. The highest BCUT2D eigenvalue weighted by Crippen LogP contribution is 2.38. The third kappa shape index (κ3) is 3.79.